The SMILES string of the molecule is CCNCc1cccc(NC(=O)CCCc2ccc3c(c2)CC(=O)N3)c1. The Morgan fingerprint density at radius 2 is 2.04 bits per heavy atom. The number of anilines is 2. The summed E-state index contributed by atoms with van der Waals surface area (Å²) in [5.41, 5.74) is 5.13. The number of carbonyl (C=O) groups excluding carboxylic acids is 2. The third kappa shape index (κ3) is 4.92. The molecule has 0 aromatic heterocycles. The first-order chi connectivity index (χ1) is 12.6. The summed E-state index contributed by atoms with van der Waals surface area (Å²) in [5, 5.41) is 9.09. The lowest BCUT2D eigenvalue weighted by molar-refractivity contribution is -0.116. The third-order valence-corrected chi connectivity index (χ3v) is 4.45. The zero-order chi connectivity index (χ0) is 18.4. The number of hydrogen-bond donors (Lipinski definition) is 3. The molecule has 0 radical (unpaired) electrons. The molecule has 0 aliphatic carbocycles. The van der Waals surface area contributed by atoms with Gasteiger partial charge in [0.25, 0.3) is 0 Å². The molecule has 2 aromatic carbocycles. The van der Waals surface area contributed by atoms with E-state index in [4.69, 9.17) is 0 Å². The van der Waals surface area contributed by atoms with Gasteiger partial charge in [0.15, 0.2) is 0 Å². The Bertz CT molecular complexity index is 802. The van der Waals surface area contributed by atoms with Gasteiger partial charge < -0.3 is 16.0 Å². The van der Waals surface area contributed by atoms with Crippen LogP contribution < -0.4 is 16.0 Å². The first-order valence-corrected chi connectivity index (χ1v) is 9.15. The summed E-state index contributed by atoms with van der Waals surface area (Å²) < 4.78 is 0. The molecule has 5 heteroatoms. The third-order valence-electron chi connectivity index (χ3n) is 4.45. The normalized spacial score (nSPS) is 12.6. The topological polar surface area (TPSA) is 70.2 Å². The van der Waals surface area contributed by atoms with Gasteiger partial charge in [-0.1, -0.05) is 31.2 Å². The summed E-state index contributed by atoms with van der Waals surface area (Å²) in [6.07, 6.45) is 2.54. The Labute approximate surface area is 154 Å². The fraction of sp³-hybridized carbons (Fsp3) is 0.333. The predicted molar refractivity (Wildman–Crippen MR) is 104 cm³/mol. The molecule has 5 nitrogen and oxygen atoms in total. The molecule has 0 saturated heterocycles. The Balaban J connectivity index is 1.46. The maximum absolute atomic E-state index is 12.2. The summed E-state index contributed by atoms with van der Waals surface area (Å²) in [6, 6.07) is 14.0. The predicted octanol–water partition coefficient (Wildman–Crippen LogP) is 3.25. The standard InChI is InChI=1S/C21H25N3O2/c1-2-22-14-16-6-3-7-18(12-16)23-20(25)8-4-5-15-9-10-19-17(11-15)13-21(26)24-19/h3,6-7,9-12,22H,2,4-5,8,13-14H2,1H3,(H,23,25)(H,24,26). The summed E-state index contributed by atoms with van der Waals surface area (Å²) >= 11 is 0. The highest BCUT2D eigenvalue weighted by Crippen LogP contribution is 2.24. The van der Waals surface area contributed by atoms with Crippen LogP contribution in [0.2, 0.25) is 0 Å². The molecule has 136 valence electrons. The maximum atomic E-state index is 12.2. The summed E-state index contributed by atoms with van der Waals surface area (Å²) in [7, 11) is 0. The number of aryl methyl sites for hydroxylation is 1. The van der Waals surface area contributed by atoms with E-state index in [0.29, 0.717) is 12.8 Å². The van der Waals surface area contributed by atoms with Crippen LogP contribution in [0.5, 0.6) is 0 Å². The number of amides is 2. The van der Waals surface area contributed by atoms with Gasteiger partial charge in [-0.3, -0.25) is 9.59 Å². The Morgan fingerprint density at radius 1 is 1.15 bits per heavy atom. The Kier molecular flexibility index (Phi) is 6.02. The van der Waals surface area contributed by atoms with Crippen LogP contribution in [0.25, 0.3) is 0 Å². The van der Waals surface area contributed by atoms with E-state index in [1.165, 1.54) is 5.56 Å². The lowest BCUT2D eigenvalue weighted by Gasteiger charge is -2.08. The van der Waals surface area contributed by atoms with Crippen molar-refractivity contribution in [1.82, 2.24) is 5.32 Å². The van der Waals surface area contributed by atoms with E-state index in [0.717, 1.165) is 48.4 Å². The van der Waals surface area contributed by atoms with Crippen molar-refractivity contribution in [1.29, 1.82) is 0 Å². The van der Waals surface area contributed by atoms with Gasteiger partial charge in [-0.05, 0) is 54.3 Å². The van der Waals surface area contributed by atoms with E-state index >= 15 is 0 Å². The highest BCUT2D eigenvalue weighted by molar-refractivity contribution is 5.99. The molecule has 1 aliphatic rings. The quantitative estimate of drug-likeness (QED) is 0.684. The van der Waals surface area contributed by atoms with E-state index in [-0.39, 0.29) is 11.8 Å². The molecule has 0 spiro atoms. The minimum Gasteiger partial charge on any atom is -0.326 e. The first kappa shape index (κ1) is 18.1. The van der Waals surface area contributed by atoms with Crippen LogP contribution in [0.3, 0.4) is 0 Å². The largest absolute Gasteiger partial charge is 0.326 e. The van der Waals surface area contributed by atoms with Crippen molar-refractivity contribution in [2.45, 2.75) is 39.2 Å². The average molecular weight is 351 g/mol. The van der Waals surface area contributed by atoms with Crippen LogP contribution in [0.1, 0.15) is 36.5 Å². The molecule has 0 atom stereocenters. The van der Waals surface area contributed by atoms with Crippen LogP contribution in [0, 0.1) is 0 Å². The van der Waals surface area contributed by atoms with Crippen LogP contribution in [-0.4, -0.2) is 18.4 Å². The van der Waals surface area contributed by atoms with Crippen LogP contribution in [0.15, 0.2) is 42.5 Å². The average Bonchev–Trinajstić information content (AvgIpc) is 2.99. The Morgan fingerprint density at radius 3 is 2.88 bits per heavy atom. The van der Waals surface area contributed by atoms with Gasteiger partial charge >= 0.3 is 0 Å². The van der Waals surface area contributed by atoms with Crippen LogP contribution in [-0.2, 0) is 29.0 Å². The van der Waals surface area contributed by atoms with E-state index in [2.05, 4.69) is 28.9 Å². The van der Waals surface area contributed by atoms with Crippen molar-refractivity contribution < 1.29 is 9.59 Å². The van der Waals surface area contributed by atoms with Crippen molar-refractivity contribution in [3.05, 3.63) is 59.2 Å². The molecular weight excluding hydrogens is 326 g/mol. The number of fused-ring (bicyclic) bond motifs is 1. The lowest BCUT2D eigenvalue weighted by Crippen LogP contribution is -2.14. The molecule has 0 saturated carbocycles. The molecule has 1 aliphatic heterocycles. The van der Waals surface area contributed by atoms with Gasteiger partial charge in [0.05, 0.1) is 6.42 Å². The highest BCUT2D eigenvalue weighted by Gasteiger charge is 2.17. The van der Waals surface area contributed by atoms with Crippen molar-refractivity contribution >= 4 is 23.2 Å². The van der Waals surface area contributed by atoms with Gasteiger partial charge in [-0.25, -0.2) is 0 Å². The van der Waals surface area contributed by atoms with Crippen molar-refractivity contribution in [3.8, 4) is 0 Å². The second kappa shape index (κ2) is 8.63. The molecule has 2 amide bonds. The van der Waals surface area contributed by atoms with Crippen molar-refractivity contribution in [2.75, 3.05) is 17.2 Å². The zero-order valence-electron chi connectivity index (χ0n) is 15.1. The monoisotopic (exact) mass is 351 g/mol. The maximum Gasteiger partial charge on any atom is 0.228 e. The first-order valence-electron chi connectivity index (χ1n) is 9.15. The number of benzene rings is 2. The summed E-state index contributed by atoms with van der Waals surface area (Å²) in [4.78, 5) is 23.6. The number of rotatable bonds is 8. The van der Waals surface area contributed by atoms with E-state index < -0.39 is 0 Å². The smallest absolute Gasteiger partial charge is 0.228 e. The second-order valence-corrected chi connectivity index (χ2v) is 6.60. The fourth-order valence-electron chi connectivity index (χ4n) is 3.14. The zero-order valence-corrected chi connectivity index (χ0v) is 15.1. The van der Waals surface area contributed by atoms with Crippen LogP contribution in [0.4, 0.5) is 11.4 Å². The lowest BCUT2D eigenvalue weighted by atomic mass is 10.0. The number of carbonyl (C=O) groups is 2. The number of hydrogen-bond acceptors (Lipinski definition) is 3. The molecule has 0 unspecified atom stereocenters. The van der Waals surface area contributed by atoms with Gasteiger partial charge in [-0.2, -0.15) is 0 Å². The molecule has 0 fully saturated rings. The van der Waals surface area contributed by atoms with Crippen molar-refractivity contribution in [3.63, 3.8) is 0 Å². The molecule has 2 aromatic rings. The van der Waals surface area contributed by atoms with Gasteiger partial charge in [0.2, 0.25) is 11.8 Å². The number of nitrogens with one attached hydrogen (secondary N) is 3. The van der Waals surface area contributed by atoms with Gasteiger partial charge in [-0.15, -0.1) is 0 Å². The summed E-state index contributed by atoms with van der Waals surface area (Å²) in [5.74, 6) is 0.0801. The van der Waals surface area contributed by atoms with E-state index in [1.807, 2.05) is 36.4 Å². The Hall–Kier alpha value is -2.66. The molecule has 3 rings (SSSR count). The molecule has 1 heterocycles. The van der Waals surface area contributed by atoms with Gasteiger partial charge in [0, 0.05) is 24.3 Å². The van der Waals surface area contributed by atoms with E-state index in [9.17, 15) is 9.59 Å². The molecule has 0 bridgehead atoms. The molecule has 26 heavy (non-hydrogen) atoms. The molecule has 3 N–H and O–H groups in total. The molecular formula is C21H25N3O2. The summed E-state index contributed by atoms with van der Waals surface area (Å²) in [6.45, 7) is 3.79. The highest BCUT2D eigenvalue weighted by atomic mass is 16.2. The minimum atomic E-state index is 0.0311. The van der Waals surface area contributed by atoms with Crippen LogP contribution >= 0.6 is 0 Å². The van der Waals surface area contributed by atoms with Gasteiger partial charge in [0.1, 0.15) is 0 Å². The fourth-order valence-corrected chi connectivity index (χ4v) is 3.14. The second-order valence-electron chi connectivity index (χ2n) is 6.60. The van der Waals surface area contributed by atoms with Crippen molar-refractivity contribution in [2.24, 2.45) is 0 Å². The van der Waals surface area contributed by atoms with E-state index in [1.54, 1.807) is 0 Å². The minimum absolute atomic E-state index is 0.0311.